The normalized spacial score (nSPS) is 11.7. The number of para-hydroxylation sites is 1. The van der Waals surface area contributed by atoms with E-state index in [4.69, 9.17) is 5.73 Å². The first-order chi connectivity index (χ1) is 8.47. The number of likely N-dealkylation sites (N-methyl/N-ethyl adjacent to an activating group) is 1. The third kappa shape index (κ3) is 3.13. The van der Waals surface area contributed by atoms with Crippen molar-refractivity contribution in [2.45, 2.75) is 19.9 Å². The smallest absolute Gasteiger partial charge is 0.255 e. The van der Waals surface area contributed by atoms with E-state index in [0.29, 0.717) is 6.54 Å². The lowest BCUT2D eigenvalue weighted by molar-refractivity contribution is -0.122. The van der Waals surface area contributed by atoms with Gasteiger partial charge in [0.15, 0.2) is 5.75 Å². The van der Waals surface area contributed by atoms with Crippen molar-refractivity contribution < 1.29 is 14.7 Å². The van der Waals surface area contributed by atoms with Crippen LogP contribution in [0.3, 0.4) is 0 Å². The Hall–Kier alpha value is -2.24. The van der Waals surface area contributed by atoms with E-state index in [1.165, 1.54) is 12.1 Å². The molecule has 0 saturated heterocycles. The molecule has 5 N–H and O–H groups in total. The molecule has 1 aromatic rings. The van der Waals surface area contributed by atoms with E-state index in [1.807, 2.05) is 0 Å². The predicted molar refractivity (Wildman–Crippen MR) is 68.1 cm³/mol. The molecular weight excluding hydrogens is 234 g/mol. The fraction of sp³-hybridized carbons (Fsp3) is 0.333. The Morgan fingerprint density at radius 3 is 2.72 bits per heavy atom. The number of aromatic hydroxyl groups is 1. The number of phenols is 1. The van der Waals surface area contributed by atoms with E-state index in [0.717, 1.165) is 0 Å². The number of hydrogen-bond acceptors (Lipinski definition) is 4. The van der Waals surface area contributed by atoms with Crippen molar-refractivity contribution in [3.63, 3.8) is 0 Å². The monoisotopic (exact) mass is 251 g/mol. The van der Waals surface area contributed by atoms with Gasteiger partial charge in [0.25, 0.3) is 5.91 Å². The summed E-state index contributed by atoms with van der Waals surface area (Å²) in [6.45, 7) is 3.84. The number of nitrogens with two attached hydrogens (primary N) is 1. The number of anilines is 1. The second kappa shape index (κ2) is 5.90. The summed E-state index contributed by atoms with van der Waals surface area (Å²) in [4.78, 5) is 23.3. The van der Waals surface area contributed by atoms with Crippen LogP contribution in [0.15, 0.2) is 18.2 Å². The lowest BCUT2D eigenvalue weighted by atomic mass is 10.1. The van der Waals surface area contributed by atoms with Crippen LogP contribution in [-0.4, -0.2) is 29.5 Å². The van der Waals surface area contributed by atoms with Gasteiger partial charge in [0.2, 0.25) is 5.91 Å². The molecule has 1 rings (SSSR count). The van der Waals surface area contributed by atoms with Crippen molar-refractivity contribution in [1.29, 1.82) is 0 Å². The van der Waals surface area contributed by atoms with Crippen LogP contribution in [0.25, 0.3) is 0 Å². The van der Waals surface area contributed by atoms with Gasteiger partial charge < -0.3 is 21.5 Å². The van der Waals surface area contributed by atoms with Crippen LogP contribution in [0.5, 0.6) is 5.75 Å². The van der Waals surface area contributed by atoms with Gasteiger partial charge in [-0.25, -0.2) is 0 Å². The number of carbonyl (C=O) groups excluding carboxylic acids is 2. The molecule has 0 radical (unpaired) electrons. The Morgan fingerprint density at radius 1 is 1.44 bits per heavy atom. The number of amides is 2. The summed E-state index contributed by atoms with van der Waals surface area (Å²) in [5.74, 6) is -1.11. The molecule has 0 aliphatic heterocycles. The van der Waals surface area contributed by atoms with E-state index in [9.17, 15) is 14.7 Å². The summed E-state index contributed by atoms with van der Waals surface area (Å²) in [5.41, 5.74) is 5.65. The zero-order valence-corrected chi connectivity index (χ0v) is 10.4. The number of nitrogens with one attached hydrogen (secondary N) is 2. The second-order valence-electron chi connectivity index (χ2n) is 3.83. The highest BCUT2D eigenvalue weighted by molar-refractivity contribution is 6.00. The Labute approximate surface area is 105 Å². The van der Waals surface area contributed by atoms with Crippen molar-refractivity contribution >= 4 is 17.5 Å². The number of rotatable bonds is 4. The lowest BCUT2D eigenvalue weighted by Gasteiger charge is -2.14. The van der Waals surface area contributed by atoms with Crippen LogP contribution in [-0.2, 0) is 4.79 Å². The molecule has 0 aromatic heterocycles. The fourth-order valence-electron chi connectivity index (χ4n) is 1.41. The predicted octanol–water partition coefficient (Wildman–Crippen LogP) is 0.229. The minimum absolute atomic E-state index is 0.0474. The van der Waals surface area contributed by atoms with E-state index >= 15 is 0 Å². The Kier molecular flexibility index (Phi) is 4.53. The molecule has 1 atom stereocenters. The highest BCUT2D eigenvalue weighted by Gasteiger charge is 2.18. The summed E-state index contributed by atoms with van der Waals surface area (Å²) in [6.07, 6.45) is 0. The fourth-order valence-corrected chi connectivity index (χ4v) is 1.41. The zero-order valence-electron chi connectivity index (χ0n) is 10.4. The number of hydrogen-bond donors (Lipinski definition) is 4. The standard InChI is InChI=1S/C12H17N3O3/c1-3-14-11(17)7(2)15-12(18)8-5-4-6-9(13)10(8)16/h4-7,16H,3,13H2,1-2H3,(H,14,17)(H,15,18). The zero-order chi connectivity index (χ0) is 13.7. The Bertz CT molecular complexity index is 460. The van der Waals surface area contributed by atoms with Crippen molar-refractivity contribution in [3.05, 3.63) is 23.8 Å². The SMILES string of the molecule is CCNC(=O)C(C)NC(=O)c1cccc(N)c1O. The number of nitrogen functional groups attached to an aromatic ring is 1. The molecule has 0 heterocycles. The van der Waals surface area contributed by atoms with E-state index < -0.39 is 11.9 Å². The van der Waals surface area contributed by atoms with Crippen LogP contribution in [0.1, 0.15) is 24.2 Å². The van der Waals surface area contributed by atoms with Gasteiger partial charge in [-0.1, -0.05) is 6.07 Å². The lowest BCUT2D eigenvalue weighted by Crippen LogP contribution is -2.44. The molecule has 0 saturated carbocycles. The first-order valence-corrected chi connectivity index (χ1v) is 5.63. The van der Waals surface area contributed by atoms with Crippen LogP contribution in [0, 0.1) is 0 Å². The van der Waals surface area contributed by atoms with Crippen LogP contribution in [0.2, 0.25) is 0 Å². The maximum atomic E-state index is 11.8. The molecule has 0 aliphatic carbocycles. The van der Waals surface area contributed by atoms with Gasteiger partial charge >= 0.3 is 0 Å². The van der Waals surface area contributed by atoms with Gasteiger partial charge in [0.1, 0.15) is 6.04 Å². The van der Waals surface area contributed by atoms with E-state index in [1.54, 1.807) is 19.9 Å². The molecule has 6 nitrogen and oxygen atoms in total. The van der Waals surface area contributed by atoms with Crippen molar-refractivity contribution in [2.75, 3.05) is 12.3 Å². The molecule has 0 aliphatic rings. The number of benzene rings is 1. The van der Waals surface area contributed by atoms with E-state index in [-0.39, 0.29) is 22.9 Å². The number of carbonyl (C=O) groups is 2. The van der Waals surface area contributed by atoms with Crippen LogP contribution in [0.4, 0.5) is 5.69 Å². The molecule has 1 aromatic carbocycles. The summed E-state index contributed by atoms with van der Waals surface area (Å²) in [7, 11) is 0. The third-order valence-electron chi connectivity index (χ3n) is 2.40. The highest BCUT2D eigenvalue weighted by Crippen LogP contribution is 2.24. The Balaban J connectivity index is 2.77. The Morgan fingerprint density at radius 2 is 2.11 bits per heavy atom. The van der Waals surface area contributed by atoms with Gasteiger partial charge in [-0.05, 0) is 26.0 Å². The highest BCUT2D eigenvalue weighted by atomic mass is 16.3. The molecule has 0 fully saturated rings. The minimum Gasteiger partial charge on any atom is -0.505 e. The topological polar surface area (TPSA) is 104 Å². The maximum Gasteiger partial charge on any atom is 0.255 e. The van der Waals surface area contributed by atoms with Crippen LogP contribution >= 0.6 is 0 Å². The molecule has 2 amide bonds. The molecule has 0 bridgehead atoms. The van der Waals surface area contributed by atoms with Crippen molar-refractivity contribution in [1.82, 2.24) is 10.6 Å². The van der Waals surface area contributed by atoms with Gasteiger partial charge in [0, 0.05) is 6.54 Å². The summed E-state index contributed by atoms with van der Waals surface area (Å²) in [5, 5.41) is 14.7. The summed E-state index contributed by atoms with van der Waals surface area (Å²) in [6, 6.07) is 3.80. The van der Waals surface area contributed by atoms with Crippen LogP contribution < -0.4 is 16.4 Å². The first kappa shape index (κ1) is 13.8. The summed E-state index contributed by atoms with van der Waals surface area (Å²) < 4.78 is 0. The summed E-state index contributed by atoms with van der Waals surface area (Å²) >= 11 is 0. The molecule has 98 valence electrons. The maximum absolute atomic E-state index is 11.8. The third-order valence-corrected chi connectivity index (χ3v) is 2.40. The van der Waals surface area contributed by atoms with Gasteiger partial charge in [-0.2, -0.15) is 0 Å². The molecule has 0 spiro atoms. The van der Waals surface area contributed by atoms with Gasteiger partial charge in [-0.3, -0.25) is 9.59 Å². The number of phenolic OH excluding ortho intramolecular Hbond substituents is 1. The van der Waals surface area contributed by atoms with Gasteiger partial charge in [-0.15, -0.1) is 0 Å². The molecular formula is C12H17N3O3. The second-order valence-corrected chi connectivity index (χ2v) is 3.83. The average Bonchev–Trinajstić information content (AvgIpc) is 2.32. The molecule has 18 heavy (non-hydrogen) atoms. The quantitative estimate of drug-likeness (QED) is 0.454. The molecule has 1 unspecified atom stereocenters. The average molecular weight is 251 g/mol. The largest absolute Gasteiger partial charge is 0.505 e. The van der Waals surface area contributed by atoms with Crippen molar-refractivity contribution in [3.8, 4) is 5.75 Å². The van der Waals surface area contributed by atoms with E-state index in [2.05, 4.69) is 10.6 Å². The van der Waals surface area contributed by atoms with Gasteiger partial charge in [0.05, 0.1) is 11.3 Å². The molecule has 6 heteroatoms. The minimum atomic E-state index is -0.682. The van der Waals surface area contributed by atoms with Crippen molar-refractivity contribution in [2.24, 2.45) is 0 Å². The first-order valence-electron chi connectivity index (χ1n) is 5.63.